The monoisotopic (exact) mass is 210 g/mol. The Kier molecular flexibility index (Phi) is 3.62. The number of amides is 1. The molecule has 1 amide bonds. The summed E-state index contributed by atoms with van der Waals surface area (Å²) in [6, 6.07) is 0.563. The summed E-state index contributed by atoms with van der Waals surface area (Å²) in [6.45, 7) is 1.49. The number of likely N-dealkylation sites (tertiary alicyclic amines) is 1. The van der Waals surface area contributed by atoms with Crippen LogP contribution in [0.2, 0.25) is 0 Å². The van der Waals surface area contributed by atoms with E-state index in [1.807, 2.05) is 7.05 Å². The standard InChI is InChI=1S/C12H22N2O/c1-13-9-12(15)14-8-4-6-10-5-2-3-7-11(10)14/h10-11,13H,2-9H2,1H3. The predicted molar refractivity (Wildman–Crippen MR) is 60.6 cm³/mol. The highest BCUT2D eigenvalue weighted by Crippen LogP contribution is 2.35. The molecule has 0 aromatic rings. The van der Waals surface area contributed by atoms with Gasteiger partial charge in [-0.3, -0.25) is 4.79 Å². The fourth-order valence-corrected chi connectivity index (χ4v) is 3.19. The van der Waals surface area contributed by atoms with E-state index in [2.05, 4.69) is 10.2 Å². The molecule has 3 nitrogen and oxygen atoms in total. The average Bonchev–Trinajstić information content (AvgIpc) is 2.28. The van der Waals surface area contributed by atoms with Gasteiger partial charge in [0, 0.05) is 12.6 Å². The molecule has 86 valence electrons. The fraction of sp³-hybridized carbons (Fsp3) is 0.917. The summed E-state index contributed by atoms with van der Waals surface area (Å²) in [5.41, 5.74) is 0. The van der Waals surface area contributed by atoms with Crippen LogP contribution in [0.5, 0.6) is 0 Å². The first-order valence-electron chi connectivity index (χ1n) is 6.27. The van der Waals surface area contributed by atoms with Gasteiger partial charge in [-0.1, -0.05) is 12.8 Å². The minimum Gasteiger partial charge on any atom is -0.338 e. The third kappa shape index (κ3) is 2.33. The molecule has 2 atom stereocenters. The van der Waals surface area contributed by atoms with E-state index in [1.54, 1.807) is 0 Å². The van der Waals surface area contributed by atoms with Crippen molar-refractivity contribution >= 4 is 5.91 Å². The van der Waals surface area contributed by atoms with Crippen molar-refractivity contribution in [1.29, 1.82) is 0 Å². The van der Waals surface area contributed by atoms with Gasteiger partial charge in [-0.2, -0.15) is 0 Å². The summed E-state index contributed by atoms with van der Waals surface area (Å²) in [6.07, 6.45) is 7.80. The van der Waals surface area contributed by atoms with E-state index in [0.717, 1.165) is 12.5 Å². The molecule has 1 N–H and O–H groups in total. The van der Waals surface area contributed by atoms with E-state index < -0.39 is 0 Å². The van der Waals surface area contributed by atoms with Gasteiger partial charge in [-0.25, -0.2) is 0 Å². The highest BCUT2D eigenvalue weighted by atomic mass is 16.2. The molecule has 2 fully saturated rings. The minimum absolute atomic E-state index is 0.300. The van der Waals surface area contributed by atoms with Crippen molar-refractivity contribution < 1.29 is 4.79 Å². The Labute approximate surface area is 92.2 Å². The van der Waals surface area contributed by atoms with Crippen molar-refractivity contribution in [2.75, 3.05) is 20.1 Å². The van der Waals surface area contributed by atoms with Gasteiger partial charge in [0.1, 0.15) is 0 Å². The van der Waals surface area contributed by atoms with Gasteiger partial charge in [0.25, 0.3) is 0 Å². The van der Waals surface area contributed by atoms with Gasteiger partial charge >= 0.3 is 0 Å². The van der Waals surface area contributed by atoms with E-state index in [-0.39, 0.29) is 0 Å². The van der Waals surface area contributed by atoms with Crippen LogP contribution in [-0.4, -0.2) is 37.0 Å². The quantitative estimate of drug-likeness (QED) is 0.747. The van der Waals surface area contributed by atoms with E-state index in [0.29, 0.717) is 18.5 Å². The lowest BCUT2D eigenvalue weighted by atomic mass is 9.78. The summed E-state index contributed by atoms with van der Waals surface area (Å²) in [4.78, 5) is 14.1. The number of nitrogens with one attached hydrogen (secondary N) is 1. The van der Waals surface area contributed by atoms with Crippen LogP contribution in [0.1, 0.15) is 38.5 Å². The smallest absolute Gasteiger partial charge is 0.236 e. The molecule has 1 aliphatic heterocycles. The van der Waals surface area contributed by atoms with Crippen molar-refractivity contribution in [3.63, 3.8) is 0 Å². The average molecular weight is 210 g/mol. The number of rotatable bonds is 2. The molecule has 3 heteroatoms. The number of piperidine rings is 1. The second kappa shape index (κ2) is 4.97. The number of hydrogen-bond donors (Lipinski definition) is 1. The maximum atomic E-state index is 11.9. The second-order valence-electron chi connectivity index (χ2n) is 4.87. The molecule has 0 bridgehead atoms. The Bertz CT molecular complexity index is 228. The zero-order valence-corrected chi connectivity index (χ0v) is 9.67. The Morgan fingerprint density at radius 1 is 1.27 bits per heavy atom. The zero-order chi connectivity index (χ0) is 10.7. The first kappa shape index (κ1) is 10.9. The van der Waals surface area contributed by atoms with Gasteiger partial charge < -0.3 is 10.2 Å². The number of carbonyl (C=O) groups excluding carboxylic acids is 1. The molecule has 1 saturated carbocycles. The molecule has 0 spiro atoms. The van der Waals surface area contributed by atoms with Gasteiger partial charge in [-0.05, 0) is 38.6 Å². The van der Waals surface area contributed by atoms with Crippen LogP contribution in [0, 0.1) is 5.92 Å². The largest absolute Gasteiger partial charge is 0.338 e. The van der Waals surface area contributed by atoms with Gasteiger partial charge in [0.2, 0.25) is 5.91 Å². The SMILES string of the molecule is CNCC(=O)N1CCCC2CCCCC21. The Morgan fingerprint density at radius 2 is 2.00 bits per heavy atom. The summed E-state index contributed by atoms with van der Waals surface area (Å²) in [7, 11) is 1.85. The Morgan fingerprint density at radius 3 is 2.80 bits per heavy atom. The molecule has 1 heterocycles. The third-order valence-electron chi connectivity index (χ3n) is 3.89. The van der Waals surface area contributed by atoms with Gasteiger partial charge in [-0.15, -0.1) is 0 Å². The number of nitrogens with zero attached hydrogens (tertiary/aromatic N) is 1. The van der Waals surface area contributed by atoms with Crippen molar-refractivity contribution in [2.24, 2.45) is 5.92 Å². The molecule has 2 rings (SSSR count). The maximum absolute atomic E-state index is 11.9. The van der Waals surface area contributed by atoms with Crippen molar-refractivity contribution in [3.05, 3.63) is 0 Å². The van der Waals surface area contributed by atoms with Crippen molar-refractivity contribution in [3.8, 4) is 0 Å². The Hall–Kier alpha value is -0.570. The zero-order valence-electron chi connectivity index (χ0n) is 9.67. The molecule has 0 aromatic carbocycles. The van der Waals surface area contributed by atoms with Crippen LogP contribution in [0.4, 0.5) is 0 Å². The summed E-state index contributed by atoms with van der Waals surface area (Å²) in [5.74, 6) is 1.10. The highest BCUT2D eigenvalue weighted by Gasteiger charge is 2.35. The topological polar surface area (TPSA) is 32.3 Å². The number of carbonyl (C=O) groups is 1. The number of fused-ring (bicyclic) bond motifs is 1. The summed E-state index contributed by atoms with van der Waals surface area (Å²) >= 11 is 0. The molecule has 1 aliphatic carbocycles. The lowest BCUT2D eigenvalue weighted by Gasteiger charge is -2.44. The Balaban J connectivity index is 2.00. The van der Waals surface area contributed by atoms with Crippen LogP contribution in [0.25, 0.3) is 0 Å². The fourth-order valence-electron chi connectivity index (χ4n) is 3.19. The van der Waals surface area contributed by atoms with Crippen LogP contribution in [0.3, 0.4) is 0 Å². The van der Waals surface area contributed by atoms with E-state index in [1.165, 1.54) is 38.5 Å². The number of hydrogen-bond acceptors (Lipinski definition) is 2. The molecular formula is C12H22N2O. The molecule has 1 saturated heterocycles. The first-order valence-corrected chi connectivity index (χ1v) is 6.27. The minimum atomic E-state index is 0.300. The van der Waals surface area contributed by atoms with E-state index in [9.17, 15) is 4.79 Å². The normalized spacial score (nSPS) is 31.1. The molecule has 0 aromatic heterocycles. The van der Waals surface area contributed by atoms with Crippen LogP contribution in [0.15, 0.2) is 0 Å². The predicted octanol–water partition coefficient (Wildman–Crippen LogP) is 1.39. The lowest BCUT2D eigenvalue weighted by molar-refractivity contribution is -0.136. The molecule has 2 unspecified atom stereocenters. The summed E-state index contributed by atoms with van der Waals surface area (Å²) in [5, 5.41) is 2.97. The molecular weight excluding hydrogens is 188 g/mol. The van der Waals surface area contributed by atoms with Crippen molar-refractivity contribution in [1.82, 2.24) is 10.2 Å². The van der Waals surface area contributed by atoms with E-state index in [4.69, 9.17) is 0 Å². The molecule has 15 heavy (non-hydrogen) atoms. The van der Waals surface area contributed by atoms with Gasteiger partial charge in [0.05, 0.1) is 6.54 Å². The third-order valence-corrected chi connectivity index (χ3v) is 3.89. The van der Waals surface area contributed by atoms with Crippen LogP contribution >= 0.6 is 0 Å². The molecule has 0 radical (unpaired) electrons. The number of likely N-dealkylation sites (N-methyl/N-ethyl adjacent to an activating group) is 1. The first-order chi connectivity index (χ1) is 7.33. The second-order valence-corrected chi connectivity index (χ2v) is 4.87. The van der Waals surface area contributed by atoms with Crippen LogP contribution in [-0.2, 0) is 4.79 Å². The maximum Gasteiger partial charge on any atom is 0.236 e. The molecule has 2 aliphatic rings. The lowest BCUT2D eigenvalue weighted by Crippen LogP contribution is -2.51. The van der Waals surface area contributed by atoms with E-state index >= 15 is 0 Å². The van der Waals surface area contributed by atoms with Gasteiger partial charge in [0.15, 0.2) is 0 Å². The van der Waals surface area contributed by atoms with Crippen molar-refractivity contribution in [2.45, 2.75) is 44.6 Å². The van der Waals surface area contributed by atoms with Crippen LogP contribution < -0.4 is 5.32 Å². The summed E-state index contributed by atoms with van der Waals surface area (Å²) < 4.78 is 0. The highest BCUT2D eigenvalue weighted by molar-refractivity contribution is 5.78.